The molecule has 1 amide bonds. The van der Waals surface area contributed by atoms with Crippen molar-refractivity contribution < 1.29 is 4.79 Å². The summed E-state index contributed by atoms with van der Waals surface area (Å²) in [5.74, 6) is 0.966. The second kappa shape index (κ2) is 8.78. The zero-order valence-electron chi connectivity index (χ0n) is 17.2. The number of H-pyrrole nitrogens is 1. The van der Waals surface area contributed by atoms with E-state index in [0.29, 0.717) is 23.9 Å². The van der Waals surface area contributed by atoms with Gasteiger partial charge in [0.25, 0.3) is 5.91 Å². The van der Waals surface area contributed by atoms with E-state index in [1.54, 1.807) is 13.0 Å². The van der Waals surface area contributed by atoms with Crippen LogP contribution in [0.2, 0.25) is 0 Å². The molecule has 0 unspecified atom stereocenters. The Labute approximate surface area is 175 Å². The Morgan fingerprint density at radius 3 is 2.70 bits per heavy atom. The average Bonchev–Trinajstić information content (AvgIpc) is 3.17. The number of nitrogens with one attached hydrogen (secondary N) is 3. The lowest BCUT2D eigenvalue weighted by molar-refractivity contribution is 0.0949. The van der Waals surface area contributed by atoms with Gasteiger partial charge in [-0.05, 0) is 43.0 Å². The highest BCUT2D eigenvalue weighted by molar-refractivity contribution is 5.93. The summed E-state index contributed by atoms with van der Waals surface area (Å²) in [5, 5.41) is 7.48. The van der Waals surface area contributed by atoms with E-state index in [-0.39, 0.29) is 5.91 Å². The Morgan fingerprint density at radius 1 is 1.03 bits per heavy atom. The maximum atomic E-state index is 12.7. The smallest absolute Gasteiger partial charge is 0.270 e. The van der Waals surface area contributed by atoms with Gasteiger partial charge in [0.2, 0.25) is 0 Å². The van der Waals surface area contributed by atoms with E-state index in [1.165, 1.54) is 16.5 Å². The van der Waals surface area contributed by atoms with Crippen LogP contribution in [0.1, 0.15) is 34.4 Å². The number of carbonyl (C=O) groups is 1. The molecule has 3 N–H and O–H groups in total. The number of hydrogen-bond donors (Lipinski definition) is 3. The molecule has 0 atom stereocenters. The molecule has 4 aromatic rings. The van der Waals surface area contributed by atoms with E-state index in [1.807, 2.05) is 42.6 Å². The molecule has 6 nitrogen and oxygen atoms in total. The summed E-state index contributed by atoms with van der Waals surface area (Å²) in [6, 6.07) is 17.9. The highest BCUT2D eigenvalue weighted by Gasteiger charge is 2.12. The first-order chi connectivity index (χ1) is 14.6. The fourth-order valence-electron chi connectivity index (χ4n) is 3.58. The number of nitrogens with zero attached hydrogens (tertiary/aromatic N) is 2. The van der Waals surface area contributed by atoms with Crippen molar-refractivity contribution in [3.63, 3.8) is 0 Å². The number of para-hydroxylation sites is 2. The molecule has 0 saturated heterocycles. The van der Waals surface area contributed by atoms with Gasteiger partial charge in [-0.25, -0.2) is 9.97 Å². The monoisotopic (exact) mass is 399 g/mol. The predicted molar refractivity (Wildman–Crippen MR) is 120 cm³/mol. The van der Waals surface area contributed by atoms with Gasteiger partial charge in [-0.15, -0.1) is 0 Å². The van der Waals surface area contributed by atoms with Crippen LogP contribution in [0.5, 0.6) is 0 Å². The number of aromatic amines is 1. The molecular formula is C24H25N5O. The lowest BCUT2D eigenvalue weighted by atomic mass is 10.1. The summed E-state index contributed by atoms with van der Waals surface area (Å²) in [7, 11) is 0. The first-order valence-corrected chi connectivity index (χ1v) is 10.2. The van der Waals surface area contributed by atoms with Gasteiger partial charge in [0.15, 0.2) is 0 Å². The predicted octanol–water partition coefficient (Wildman–Crippen LogP) is 4.54. The van der Waals surface area contributed by atoms with Crippen molar-refractivity contribution in [2.75, 3.05) is 11.9 Å². The number of rotatable bonds is 7. The fourth-order valence-corrected chi connectivity index (χ4v) is 3.58. The molecule has 0 saturated carbocycles. The van der Waals surface area contributed by atoms with Crippen LogP contribution in [-0.4, -0.2) is 27.4 Å². The standard InChI is InChI=1S/C24H25N5O/c1-3-17-8-4-6-10-20(17)29-23-14-22(27-16(2)28-23)24(30)25-13-12-18-15-26-21-11-7-5-9-19(18)21/h4-11,14-15,26H,3,12-13H2,1-2H3,(H,25,30)(H,27,28,29). The highest BCUT2D eigenvalue weighted by atomic mass is 16.1. The molecule has 0 aliphatic carbocycles. The Morgan fingerprint density at radius 2 is 1.83 bits per heavy atom. The van der Waals surface area contributed by atoms with Crippen LogP contribution in [0.25, 0.3) is 10.9 Å². The van der Waals surface area contributed by atoms with Crippen LogP contribution in [0.15, 0.2) is 60.8 Å². The van der Waals surface area contributed by atoms with E-state index in [2.05, 4.69) is 44.6 Å². The van der Waals surface area contributed by atoms with Gasteiger partial charge >= 0.3 is 0 Å². The Kier molecular flexibility index (Phi) is 5.75. The minimum Gasteiger partial charge on any atom is -0.361 e. The lowest BCUT2D eigenvalue weighted by Crippen LogP contribution is -2.27. The molecule has 0 aliphatic heterocycles. The third kappa shape index (κ3) is 4.33. The van der Waals surface area contributed by atoms with E-state index in [4.69, 9.17) is 0 Å². The van der Waals surface area contributed by atoms with E-state index < -0.39 is 0 Å². The summed E-state index contributed by atoms with van der Waals surface area (Å²) >= 11 is 0. The second-order valence-corrected chi connectivity index (χ2v) is 7.19. The molecule has 4 rings (SSSR count). The molecular weight excluding hydrogens is 374 g/mol. The van der Waals surface area contributed by atoms with Gasteiger partial charge in [-0.1, -0.05) is 43.3 Å². The van der Waals surface area contributed by atoms with E-state index >= 15 is 0 Å². The van der Waals surface area contributed by atoms with Crippen molar-refractivity contribution in [2.24, 2.45) is 0 Å². The molecule has 0 radical (unpaired) electrons. The van der Waals surface area contributed by atoms with Gasteiger partial charge in [0.1, 0.15) is 17.3 Å². The lowest BCUT2D eigenvalue weighted by Gasteiger charge is -2.12. The summed E-state index contributed by atoms with van der Waals surface area (Å²) in [5.41, 5.74) is 4.83. The SMILES string of the molecule is CCc1ccccc1Nc1cc(C(=O)NCCc2c[nH]c3ccccc23)nc(C)n1. The van der Waals surface area contributed by atoms with Crippen LogP contribution in [0.4, 0.5) is 11.5 Å². The minimum atomic E-state index is -0.202. The molecule has 0 spiro atoms. The summed E-state index contributed by atoms with van der Waals surface area (Å²) in [6.45, 7) is 4.43. The van der Waals surface area contributed by atoms with Crippen LogP contribution in [0.3, 0.4) is 0 Å². The molecule has 30 heavy (non-hydrogen) atoms. The fraction of sp³-hybridized carbons (Fsp3) is 0.208. The van der Waals surface area contributed by atoms with Gasteiger partial charge in [0, 0.05) is 35.4 Å². The number of aryl methyl sites for hydroxylation is 2. The van der Waals surface area contributed by atoms with Crippen molar-refractivity contribution >= 4 is 28.3 Å². The number of hydrogen-bond acceptors (Lipinski definition) is 4. The van der Waals surface area contributed by atoms with Crippen LogP contribution in [-0.2, 0) is 12.8 Å². The number of amides is 1. The Hall–Kier alpha value is -3.67. The van der Waals surface area contributed by atoms with E-state index in [0.717, 1.165) is 24.0 Å². The zero-order valence-corrected chi connectivity index (χ0v) is 17.2. The number of benzene rings is 2. The molecule has 0 aliphatic rings. The summed E-state index contributed by atoms with van der Waals surface area (Å²) < 4.78 is 0. The molecule has 2 heterocycles. The number of fused-ring (bicyclic) bond motifs is 1. The maximum Gasteiger partial charge on any atom is 0.270 e. The van der Waals surface area contributed by atoms with Gasteiger partial charge < -0.3 is 15.6 Å². The highest BCUT2D eigenvalue weighted by Crippen LogP contribution is 2.21. The molecule has 152 valence electrons. The number of aromatic nitrogens is 3. The molecule has 0 fully saturated rings. The van der Waals surface area contributed by atoms with Gasteiger partial charge in [-0.2, -0.15) is 0 Å². The largest absolute Gasteiger partial charge is 0.361 e. The number of anilines is 2. The van der Waals surface area contributed by atoms with Gasteiger partial charge in [-0.3, -0.25) is 4.79 Å². The van der Waals surface area contributed by atoms with Crippen molar-refractivity contribution in [3.05, 3.63) is 83.4 Å². The Bertz CT molecular complexity index is 1180. The van der Waals surface area contributed by atoms with Crippen molar-refractivity contribution in [2.45, 2.75) is 26.7 Å². The average molecular weight is 399 g/mol. The summed E-state index contributed by atoms with van der Waals surface area (Å²) in [4.78, 5) is 24.7. The molecule has 6 heteroatoms. The second-order valence-electron chi connectivity index (χ2n) is 7.19. The quantitative estimate of drug-likeness (QED) is 0.426. The normalized spacial score (nSPS) is 10.9. The van der Waals surface area contributed by atoms with Crippen LogP contribution in [0, 0.1) is 6.92 Å². The Balaban J connectivity index is 1.43. The van der Waals surface area contributed by atoms with Crippen LogP contribution < -0.4 is 10.6 Å². The van der Waals surface area contributed by atoms with Crippen molar-refractivity contribution in [3.8, 4) is 0 Å². The van der Waals surface area contributed by atoms with Gasteiger partial charge in [0.05, 0.1) is 0 Å². The third-order valence-electron chi connectivity index (χ3n) is 5.09. The minimum absolute atomic E-state index is 0.202. The topological polar surface area (TPSA) is 82.7 Å². The molecule has 2 aromatic heterocycles. The first kappa shape index (κ1) is 19.6. The zero-order chi connectivity index (χ0) is 20.9. The van der Waals surface area contributed by atoms with Crippen molar-refractivity contribution in [1.82, 2.24) is 20.3 Å². The first-order valence-electron chi connectivity index (χ1n) is 10.2. The maximum absolute atomic E-state index is 12.7. The molecule has 0 bridgehead atoms. The van der Waals surface area contributed by atoms with Crippen molar-refractivity contribution in [1.29, 1.82) is 0 Å². The van der Waals surface area contributed by atoms with E-state index in [9.17, 15) is 4.79 Å². The summed E-state index contributed by atoms with van der Waals surface area (Å²) in [6.07, 6.45) is 3.65. The third-order valence-corrected chi connectivity index (χ3v) is 5.09. The number of carbonyl (C=O) groups excluding carboxylic acids is 1. The molecule has 2 aromatic carbocycles. The van der Waals surface area contributed by atoms with Crippen LogP contribution >= 0.6 is 0 Å².